The summed E-state index contributed by atoms with van der Waals surface area (Å²) in [5.74, 6) is 5.70. The third-order valence-corrected chi connectivity index (χ3v) is 3.47. The van der Waals surface area contributed by atoms with Crippen molar-refractivity contribution in [3.63, 3.8) is 0 Å². The average Bonchev–Trinajstić information content (AvgIpc) is 3.27. The third kappa shape index (κ3) is 11.3. The van der Waals surface area contributed by atoms with E-state index in [1.807, 2.05) is 0 Å². The van der Waals surface area contributed by atoms with E-state index in [0.717, 1.165) is 19.4 Å². The van der Waals surface area contributed by atoms with Gasteiger partial charge in [0.2, 0.25) is 6.29 Å². The van der Waals surface area contributed by atoms with Crippen LogP contribution >= 0.6 is 0 Å². The number of unbranched alkanes of at least 4 members (excludes halogenated alkanes) is 9. The maximum absolute atomic E-state index is 9.42. The molecule has 2 unspecified atom stereocenters. The molecule has 1 aliphatic rings. The van der Waals surface area contributed by atoms with Crippen LogP contribution in [0.1, 0.15) is 71.1 Å². The van der Waals surface area contributed by atoms with Crippen molar-refractivity contribution in [1.82, 2.24) is 0 Å². The smallest absolute Gasteiger partial charge is 0.220 e. The highest BCUT2D eigenvalue weighted by Gasteiger charge is 2.23. The Balaban J connectivity index is 1.79. The first-order chi connectivity index (χ1) is 9.83. The zero-order chi connectivity index (χ0) is 14.5. The number of hydrogen-bond acceptors (Lipinski definition) is 3. The lowest BCUT2D eigenvalue weighted by Crippen LogP contribution is -2.13. The van der Waals surface area contributed by atoms with Crippen molar-refractivity contribution in [2.24, 2.45) is 0 Å². The summed E-state index contributed by atoms with van der Waals surface area (Å²) in [5, 5.41) is 9.42. The SMILES string of the molecule is CCCCCCCCCCCC#CC(O)OCC1CO1. The lowest BCUT2D eigenvalue weighted by molar-refractivity contribution is -0.0616. The normalized spacial score (nSPS) is 18.4. The van der Waals surface area contributed by atoms with Crippen LogP contribution in [0, 0.1) is 11.8 Å². The first-order valence-electron chi connectivity index (χ1n) is 8.22. The second kappa shape index (κ2) is 12.2. The average molecular weight is 282 g/mol. The summed E-state index contributed by atoms with van der Waals surface area (Å²) in [6.07, 6.45) is 12.0. The molecule has 0 aliphatic carbocycles. The molecule has 0 radical (unpaired) electrons. The molecule has 1 rings (SSSR count). The van der Waals surface area contributed by atoms with Gasteiger partial charge in [0, 0.05) is 6.42 Å². The van der Waals surface area contributed by atoms with Crippen LogP contribution in [0.15, 0.2) is 0 Å². The molecule has 0 amide bonds. The van der Waals surface area contributed by atoms with Crippen molar-refractivity contribution >= 4 is 0 Å². The molecule has 1 N–H and O–H groups in total. The Morgan fingerprint density at radius 3 is 2.30 bits per heavy atom. The van der Waals surface area contributed by atoms with Gasteiger partial charge in [-0.3, -0.25) is 0 Å². The van der Waals surface area contributed by atoms with Gasteiger partial charge in [-0.15, -0.1) is 0 Å². The monoisotopic (exact) mass is 282 g/mol. The van der Waals surface area contributed by atoms with Gasteiger partial charge in [-0.05, 0) is 12.3 Å². The summed E-state index contributed by atoms with van der Waals surface area (Å²) in [6, 6.07) is 0. The Morgan fingerprint density at radius 1 is 1.10 bits per heavy atom. The molecule has 1 aliphatic heterocycles. The maximum Gasteiger partial charge on any atom is 0.220 e. The second-order valence-electron chi connectivity index (χ2n) is 5.54. The van der Waals surface area contributed by atoms with E-state index in [-0.39, 0.29) is 6.10 Å². The van der Waals surface area contributed by atoms with Crippen LogP contribution in [0.4, 0.5) is 0 Å². The van der Waals surface area contributed by atoms with E-state index in [2.05, 4.69) is 18.8 Å². The van der Waals surface area contributed by atoms with E-state index in [4.69, 9.17) is 9.47 Å². The van der Waals surface area contributed by atoms with Gasteiger partial charge in [-0.1, -0.05) is 64.2 Å². The molecule has 0 saturated carbocycles. The summed E-state index contributed by atoms with van der Waals surface area (Å²) in [7, 11) is 0. The molecular weight excluding hydrogens is 252 g/mol. The Labute approximate surface area is 124 Å². The summed E-state index contributed by atoms with van der Waals surface area (Å²) in [5.41, 5.74) is 0. The molecule has 20 heavy (non-hydrogen) atoms. The van der Waals surface area contributed by atoms with Gasteiger partial charge < -0.3 is 14.6 Å². The lowest BCUT2D eigenvalue weighted by Gasteiger charge is -2.02. The molecule has 0 spiro atoms. The summed E-state index contributed by atoms with van der Waals surface area (Å²) >= 11 is 0. The second-order valence-corrected chi connectivity index (χ2v) is 5.54. The van der Waals surface area contributed by atoms with Crippen molar-refractivity contribution in [2.45, 2.75) is 83.5 Å². The summed E-state index contributed by atoms with van der Waals surface area (Å²) < 4.78 is 10.1. The molecule has 116 valence electrons. The number of ether oxygens (including phenoxy) is 2. The minimum Gasteiger partial charge on any atom is -0.371 e. The van der Waals surface area contributed by atoms with E-state index in [9.17, 15) is 5.11 Å². The molecule has 0 aromatic carbocycles. The van der Waals surface area contributed by atoms with Crippen LogP contribution in [-0.4, -0.2) is 30.7 Å². The van der Waals surface area contributed by atoms with Gasteiger partial charge in [0.15, 0.2) is 0 Å². The molecule has 3 nitrogen and oxygen atoms in total. The highest BCUT2D eigenvalue weighted by atomic mass is 16.6. The number of rotatable bonds is 12. The van der Waals surface area contributed by atoms with E-state index in [1.54, 1.807) is 0 Å². The Morgan fingerprint density at radius 2 is 1.70 bits per heavy atom. The quantitative estimate of drug-likeness (QED) is 0.257. The van der Waals surface area contributed by atoms with E-state index in [0.29, 0.717) is 6.61 Å². The summed E-state index contributed by atoms with van der Waals surface area (Å²) in [6.45, 7) is 3.45. The van der Waals surface area contributed by atoms with Crippen LogP contribution < -0.4 is 0 Å². The van der Waals surface area contributed by atoms with E-state index in [1.165, 1.54) is 51.4 Å². The van der Waals surface area contributed by atoms with E-state index >= 15 is 0 Å². The first-order valence-corrected chi connectivity index (χ1v) is 8.22. The van der Waals surface area contributed by atoms with Crippen molar-refractivity contribution < 1.29 is 14.6 Å². The summed E-state index contributed by atoms with van der Waals surface area (Å²) in [4.78, 5) is 0. The highest BCUT2D eigenvalue weighted by molar-refractivity contribution is 5.01. The molecule has 1 saturated heterocycles. The van der Waals surface area contributed by atoms with Crippen LogP contribution in [0.3, 0.4) is 0 Å². The van der Waals surface area contributed by atoms with E-state index < -0.39 is 6.29 Å². The van der Waals surface area contributed by atoms with Crippen molar-refractivity contribution in [3.05, 3.63) is 0 Å². The van der Waals surface area contributed by atoms with Gasteiger partial charge in [-0.2, -0.15) is 0 Å². The van der Waals surface area contributed by atoms with Gasteiger partial charge in [0.25, 0.3) is 0 Å². The maximum atomic E-state index is 9.42. The third-order valence-electron chi connectivity index (χ3n) is 3.47. The fourth-order valence-corrected chi connectivity index (χ4v) is 2.09. The largest absolute Gasteiger partial charge is 0.371 e. The number of epoxide rings is 1. The predicted molar refractivity (Wildman–Crippen MR) is 81.3 cm³/mol. The number of hydrogen-bond donors (Lipinski definition) is 1. The predicted octanol–water partition coefficient (Wildman–Crippen LogP) is 3.64. The highest BCUT2D eigenvalue weighted by Crippen LogP contribution is 2.10. The lowest BCUT2D eigenvalue weighted by atomic mass is 10.1. The standard InChI is InChI=1S/C17H30O3/c1-2-3-4-5-6-7-8-9-10-11-12-13-17(18)20-15-16-14-19-16/h16-18H,2-11,14-15H2,1H3. The molecule has 0 aromatic rings. The van der Waals surface area contributed by atoms with Crippen molar-refractivity contribution in [3.8, 4) is 11.8 Å². The fourth-order valence-electron chi connectivity index (χ4n) is 2.09. The van der Waals surface area contributed by atoms with Crippen LogP contribution in [-0.2, 0) is 9.47 Å². The fraction of sp³-hybridized carbons (Fsp3) is 0.882. The molecular formula is C17H30O3. The van der Waals surface area contributed by atoms with Crippen LogP contribution in [0.5, 0.6) is 0 Å². The zero-order valence-electron chi connectivity index (χ0n) is 12.9. The molecule has 1 fully saturated rings. The molecule has 2 atom stereocenters. The van der Waals surface area contributed by atoms with Crippen LogP contribution in [0.25, 0.3) is 0 Å². The van der Waals surface area contributed by atoms with Crippen molar-refractivity contribution in [2.75, 3.05) is 13.2 Å². The molecule has 0 bridgehead atoms. The zero-order valence-corrected chi connectivity index (χ0v) is 12.9. The number of aliphatic hydroxyl groups is 1. The minimum atomic E-state index is -0.947. The van der Waals surface area contributed by atoms with Gasteiger partial charge in [-0.25, -0.2) is 0 Å². The van der Waals surface area contributed by atoms with Crippen molar-refractivity contribution in [1.29, 1.82) is 0 Å². The van der Waals surface area contributed by atoms with Crippen LogP contribution in [0.2, 0.25) is 0 Å². The Bertz CT molecular complexity index is 276. The topological polar surface area (TPSA) is 42.0 Å². The van der Waals surface area contributed by atoms with Gasteiger partial charge in [0.05, 0.1) is 13.2 Å². The Hall–Kier alpha value is -0.560. The molecule has 1 heterocycles. The van der Waals surface area contributed by atoms with Gasteiger partial charge in [0.1, 0.15) is 6.10 Å². The Kier molecular flexibility index (Phi) is 10.7. The minimum absolute atomic E-state index is 0.184. The first kappa shape index (κ1) is 17.5. The van der Waals surface area contributed by atoms with Gasteiger partial charge >= 0.3 is 0 Å². The molecule has 3 heteroatoms. The number of aliphatic hydroxyl groups excluding tert-OH is 1. The molecule has 0 aromatic heterocycles.